The molecule has 0 aliphatic carbocycles. The predicted molar refractivity (Wildman–Crippen MR) is 173 cm³/mol. The molecule has 2 unspecified atom stereocenters. The van der Waals surface area contributed by atoms with Crippen LogP contribution in [-0.2, 0) is 27.9 Å². The summed E-state index contributed by atoms with van der Waals surface area (Å²) in [4.78, 5) is 34.9. The molecular weight excluding hydrogens is 589 g/mol. The van der Waals surface area contributed by atoms with Gasteiger partial charge in [-0.25, -0.2) is 18.3 Å². The number of nitrogens with one attached hydrogen (secondary N) is 1. The molecule has 0 radical (unpaired) electrons. The van der Waals surface area contributed by atoms with Crippen LogP contribution in [0.5, 0.6) is 0 Å². The number of piperazine rings is 1. The number of carbonyl (C=O) groups is 1. The van der Waals surface area contributed by atoms with Gasteiger partial charge in [-0.1, -0.05) is 26.0 Å². The number of aromatic nitrogens is 3. The van der Waals surface area contributed by atoms with Crippen LogP contribution in [0.4, 0.5) is 10.1 Å². The van der Waals surface area contributed by atoms with E-state index in [9.17, 15) is 19.1 Å². The summed E-state index contributed by atoms with van der Waals surface area (Å²) >= 11 is 0. The summed E-state index contributed by atoms with van der Waals surface area (Å²) in [5.74, 6) is -0.322. The fourth-order valence-electron chi connectivity index (χ4n) is 7.84. The van der Waals surface area contributed by atoms with E-state index in [1.807, 2.05) is 11.0 Å². The molecule has 1 amide bonds. The highest BCUT2D eigenvalue weighted by atomic mass is 19.1. The first-order valence-electron chi connectivity index (χ1n) is 16.5. The zero-order valence-corrected chi connectivity index (χ0v) is 27.5. The number of piperidine rings is 1. The van der Waals surface area contributed by atoms with Crippen LogP contribution < -0.4 is 15.9 Å². The van der Waals surface area contributed by atoms with E-state index in [1.54, 1.807) is 30.4 Å². The quantitative estimate of drug-likeness (QED) is 0.386. The van der Waals surface area contributed by atoms with Crippen molar-refractivity contribution in [3.63, 3.8) is 0 Å². The van der Waals surface area contributed by atoms with Crippen LogP contribution in [0, 0.1) is 5.82 Å². The maximum Gasteiger partial charge on any atom is 0.350 e. The number of nitrogens with zero attached hydrogens (tertiary/aromatic N) is 6. The molecule has 46 heavy (non-hydrogen) atoms. The van der Waals surface area contributed by atoms with E-state index >= 15 is 0 Å². The zero-order valence-electron chi connectivity index (χ0n) is 27.5. The minimum atomic E-state index is -1.15. The summed E-state index contributed by atoms with van der Waals surface area (Å²) in [6.07, 6.45) is 2.23. The highest BCUT2D eigenvalue weighted by molar-refractivity contribution is 5.98. The van der Waals surface area contributed by atoms with Crippen LogP contribution in [0.3, 0.4) is 0 Å². The lowest BCUT2D eigenvalue weighted by atomic mass is 9.90. The Morgan fingerprint density at radius 1 is 1.17 bits per heavy atom. The van der Waals surface area contributed by atoms with Gasteiger partial charge in [0.1, 0.15) is 5.82 Å². The van der Waals surface area contributed by atoms with E-state index in [0.29, 0.717) is 36.5 Å². The van der Waals surface area contributed by atoms with Crippen molar-refractivity contribution >= 4 is 17.2 Å². The first-order valence-corrected chi connectivity index (χ1v) is 16.5. The second-order valence-corrected chi connectivity index (χ2v) is 15.2. The summed E-state index contributed by atoms with van der Waals surface area (Å²) in [5, 5.41) is 18.9. The lowest BCUT2D eigenvalue weighted by Crippen LogP contribution is -2.64. The van der Waals surface area contributed by atoms with E-state index in [4.69, 9.17) is 9.84 Å². The second-order valence-electron chi connectivity index (χ2n) is 15.2. The molecular formula is C34H46FN7O4. The standard InChI is InChI=1S/C34H46FN7O4/c1-21-14-39(25(13-36-21)15-38-16-26-12-27(17-38)46-26)18-29(43)40-19-33(2,3)30-28(40)11-23(10-22-6-8-24(35)9-7-22)31-37-41(20-34(4,5)45)32(44)42(30)31/h6-9,11,21,25-27,36,45H,10,12-20H2,1-5H3/t21-,25-,26?,27?/m1/s1. The Kier molecular flexibility index (Phi) is 7.87. The van der Waals surface area contributed by atoms with Crippen molar-refractivity contribution in [2.75, 3.05) is 50.7 Å². The van der Waals surface area contributed by atoms with Crippen molar-refractivity contribution in [2.45, 2.75) is 89.3 Å². The highest BCUT2D eigenvalue weighted by Crippen LogP contribution is 2.42. The Hall–Kier alpha value is -3.16. The molecule has 3 aromatic rings. The highest BCUT2D eigenvalue weighted by Gasteiger charge is 2.44. The van der Waals surface area contributed by atoms with Crippen LogP contribution in [0.2, 0.25) is 0 Å². The predicted octanol–water partition coefficient (Wildman–Crippen LogP) is 1.76. The van der Waals surface area contributed by atoms with Crippen molar-refractivity contribution in [1.29, 1.82) is 0 Å². The van der Waals surface area contributed by atoms with Gasteiger partial charge in [0.15, 0.2) is 5.65 Å². The molecule has 8 rings (SSSR count). The Morgan fingerprint density at radius 2 is 1.87 bits per heavy atom. The largest absolute Gasteiger partial charge is 0.389 e. The van der Waals surface area contributed by atoms with Gasteiger partial charge in [-0.05, 0) is 44.5 Å². The summed E-state index contributed by atoms with van der Waals surface area (Å²) in [6, 6.07) is 8.74. The number of halogens is 1. The smallest absolute Gasteiger partial charge is 0.350 e. The van der Waals surface area contributed by atoms with Gasteiger partial charge < -0.3 is 20.1 Å². The van der Waals surface area contributed by atoms with Gasteiger partial charge in [0, 0.05) is 75.2 Å². The SMILES string of the molecule is C[C@@H]1CN(CC(=O)N2CC(C)(C)c3c2cc(Cc2ccc(F)cc2)c2nn(CC(C)(C)O)c(=O)n32)[C@@H](CN2CC3CC(C2)O3)CN1. The molecule has 11 nitrogen and oxygen atoms in total. The number of fused-ring (bicyclic) bond motifs is 5. The summed E-state index contributed by atoms with van der Waals surface area (Å²) in [6.45, 7) is 14.7. The molecule has 1 aromatic carbocycles. The van der Waals surface area contributed by atoms with Gasteiger partial charge in [-0.3, -0.25) is 14.6 Å². The molecule has 0 spiro atoms. The van der Waals surface area contributed by atoms with Crippen LogP contribution in [0.15, 0.2) is 35.1 Å². The van der Waals surface area contributed by atoms with Gasteiger partial charge in [0.25, 0.3) is 0 Å². The van der Waals surface area contributed by atoms with Crippen molar-refractivity contribution in [3.8, 4) is 0 Å². The number of anilines is 1. The molecule has 0 saturated carbocycles. The molecule has 2 bridgehead atoms. The maximum absolute atomic E-state index is 14.3. The average molecular weight is 636 g/mol. The number of hydrogen-bond donors (Lipinski definition) is 2. The average Bonchev–Trinajstić information content (AvgIpc) is 3.42. The monoisotopic (exact) mass is 635 g/mol. The number of amides is 1. The van der Waals surface area contributed by atoms with Gasteiger partial charge >= 0.3 is 5.69 Å². The molecule has 248 valence electrons. The van der Waals surface area contributed by atoms with Crippen molar-refractivity contribution in [3.05, 3.63) is 63.5 Å². The van der Waals surface area contributed by atoms with Gasteiger partial charge in [0.2, 0.25) is 5.91 Å². The van der Waals surface area contributed by atoms with Crippen molar-refractivity contribution in [2.24, 2.45) is 0 Å². The van der Waals surface area contributed by atoms with E-state index in [-0.39, 0.29) is 42.6 Å². The summed E-state index contributed by atoms with van der Waals surface area (Å²) in [7, 11) is 0. The topological polar surface area (TPSA) is 108 Å². The molecule has 4 fully saturated rings. The number of ether oxygens (including phenoxy) is 1. The number of pyridine rings is 1. The Bertz CT molecular complexity index is 1680. The van der Waals surface area contributed by atoms with Crippen LogP contribution >= 0.6 is 0 Å². The van der Waals surface area contributed by atoms with E-state index in [2.05, 4.69) is 35.9 Å². The fourth-order valence-corrected chi connectivity index (χ4v) is 7.84. The third kappa shape index (κ3) is 6.01. The molecule has 2 aromatic heterocycles. The first-order chi connectivity index (χ1) is 21.7. The summed E-state index contributed by atoms with van der Waals surface area (Å²) < 4.78 is 22.5. The number of benzene rings is 1. The Balaban J connectivity index is 1.23. The van der Waals surface area contributed by atoms with Crippen molar-refractivity contribution in [1.82, 2.24) is 29.3 Å². The Labute approximate surface area is 268 Å². The lowest BCUT2D eigenvalue weighted by molar-refractivity contribution is -0.183. The number of hydrogen-bond acceptors (Lipinski definition) is 8. The molecule has 12 heteroatoms. The first kappa shape index (κ1) is 31.4. The van der Waals surface area contributed by atoms with E-state index < -0.39 is 11.0 Å². The van der Waals surface area contributed by atoms with Gasteiger partial charge in [-0.15, -0.1) is 5.10 Å². The van der Waals surface area contributed by atoms with Crippen LogP contribution in [0.1, 0.15) is 57.9 Å². The minimum Gasteiger partial charge on any atom is -0.389 e. The third-order valence-corrected chi connectivity index (χ3v) is 9.90. The normalized spacial score (nSPS) is 26.4. The van der Waals surface area contributed by atoms with Gasteiger partial charge in [-0.2, -0.15) is 0 Å². The maximum atomic E-state index is 14.3. The van der Waals surface area contributed by atoms with Gasteiger partial charge in [0.05, 0.1) is 42.3 Å². The van der Waals surface area contributed by atoms with Crippen LogP contribution in [-0.4, -0.2) is 111 Å². The van der Waals surface area contributed by atoms with E-state index in [0.717, 1.165) is 56.0 Å². The Morgan fingerprint density at radius 3 is 2.54 bits per heavy atom. The van der Waals surface area contributed by atoms with Crippen molar-refractivity contribution < 1.29 is 19.0 Å². The number of morpholine rings is 1. The fraction of sp³-hybridized carbons (Fsp3) is 0.618. The minimum absolute atomic E-state index is 0.000218. The molecule has 5 aliphatic rings. The lowest BCUT2D eigenvalue weighted by Gasteiger charge is -2.49. The van der Waals surface area contributed by atoms with Crippen LogP contribution in [0.25, 0.3) is 5.65 Å². The molecule has 5 aliphatic heterocycles. The molecule has 4 atom stereocenters. The number of aliphatic hydroxyl groups is 1. The second kappa shape index (κ2) is 11.5. The number of rotatable bonds is 8. The molecule has 2 N–H and O–H groups in total. The summed E-state index contributed by atoms with van der Waals surface area (Å²) in [5.41, 5.74) is 1.51. The molecule has 4 saturated heterocycles. The van der Waals surface area contributed by atoms with E-state index in [1.165, 1.54) is 16.8 Å². The molecule has 7 heterocycles. The third-order valence-electron chi connectivity index (χ3n) is 9.90. The zero-order chi connectivity index (χ0) is 32.5. The number of carbonyl (C=O) groups excluding carboxylic acids is 1.